The van der Waals surface area contributed by atoms with Crippen molar-refractivity contribution in [3.05, 3.63) is 48.0 Å². The third-order valence-corrected chi connectivity index (χ3v) is 5.88. The molecule has 2 atom stereocenters. The minimum atomic E-state index is -4.84. The summed E-state index contributed by atoms with van der Waals surface area (Å²) in [5.74, 6) is -0.360. The van der Waals surface area contributed by atoms with Crippen molar-refractivity contribution in [3.63, 3.8) is 0 Å². The first-order chi connectivity index (χ1) is 16.5. The summed E-state index contributed by atoms with van der Waals surface area (Å²) in [5.41, 5.74) is -1.41. The number of halogens is 4. The number of amides is 1. The highest BCUT2D eigenvalue weighted by atomic mass is 32.2. The zero-order valence-electron chi connectivity index (χ0n) is 18.1. The summed E-state index contributed by atoms with van der Waals surface area (Å²) in [6.07, 6.45) is -4.61. The van der Waals surface area contributed by atoms with Gasteiger partial charge in [-0.1, -0.05) is 5.16 Å². The van der Waals surface area contributed by atoms with Crippen molar-refractivity contribution < 1.29 is 36.7 Å². The molecule has 1 aliphatic heterocycles. The van der Waals surface area contributed by atoms with Crippen LogP contribution in [0, 0.1) is 5.82 Å². The topological polar surface area (TPSA) is 123 Å². The van der Waals surface area contributed by atoms with E-state index in [1.165, 1.54) is 36.9 Å². The lowest BCUT2D eigenvalue weighted by atomic mass is 9.84. The number of ether oxygens (including phenoxy) is 1. The second-order valence-electron chi connectivity index (χ2n) is 7.69. The Balaban J connectivity index is 1.72. The van der Waals surface area contributed by atoms with E-state index in [2.05, 4.69) is 24.9 Å². The molecule has 0 bridgehead atoms. The van der Waals surface area contributed by atoms with Gasteiger partial charge in [-0.05, 0) is 31.4 Å². The molecule has 3 aromatic rings. The Kier molecular flexibility index (Phi) is 6.40. The van der Waals surface area contributed by atoms with Gasteiger partial charge in [0.1, 0.15) is 5.82 Å². The van der Waals surface area contributed by atoms with E-state index in [-0.39, 0.29) is 11.3 Å². The average molecular weight is 511 g/mol. The molecular weight excluding hydrogens is 494 g/mol. The molecule has 0 fully saturated rings. The molecule has 0 saturated heterocycles. The van der Waals surface area contributed by atoms with Crippen LogP contribution in [0.5, 0.6) is 0 Å². The molecule has 0 saturated carbocycles. The molecule has 35 heavy (non-hydrogen) atoms. The Bertz CT molecular complexity index is 1280. The minimum absolute atomic E-state index is 0.190. The number of alkyl halides is 3. The smallest absolute Gasteiger partial charge is 0.425 e. The fourth-order valence-electron chi connectivity index (χ4n) is 3.50. The number of hydrogen-bond acceptors (Lipinski definition) is 8. The van der Waals surface area contributed by atoms with E-state index in [1.807, 2.05) is 6.26 Å². The second-order valence-corrected chi connectivity index (χ2v) is 8.57. The fraction of sp³-hybridized carbons (Fsp3) is 0.286. The van der Waals surface area contributed by atoms with Crippen molar-refractivity contribution in [1.29, 1.82) is 0 Å². The number of benzene rings is 1. The first kappa shape index (κ1) is 24.4. The number of carboxylic acid groups (broad SMARTS) is 1. The van der Waals surface area contributed by atoms with Crippen molar-refractivity contribution in [3.8, 4) is 22.8 Å². The van der Waals surface area contributed by atoms with Crippen LogP contribution >= 0.6 is 11.8 Å². The highest BCUT2D eigenvalue weighted by molar-refractivity contribution is 7.98. The maximum atomic E-state index is 14.9. The van der Waals surface area contributed by atoms with Gasteiger partial charge in [-0.2, -0.15) is 13.2 Å². The van der Waals surface area contributed by atoms with E-state index < -0.39 is 42.2 Å². The van der Waals surface area contributed by atoms with Crippen LogP contribution in [0.2, 0.25) is 0 Å². The van der Waals surface area contributed by atoms with Crippen LogP contribution in [0.15, 0.2) is 51.1 Å². The summed E-state index contributed by atoms with van der Waals surface area (Å²) >= 11 is 1.46. The third kappa shape index (κ3) is 5.21. The van der Waals surface area contributed by atoms with Crippen molar-refractivity contribution >= 4 is 23.9 Å². The Morgan fingerprint density at radius 2 is 1.97 bits per heavy atom. The monoisotopic (exact) mass is 511 g/mol. The van der Waals surface area contributed by atoms with Gasteiger partial charge in [0.25, 0.3) is 6.02 Å². The lowest BCUT2D eigenvalue weighted by Gasteiger charge is -2.36. The number of amidine groups is 1. The number of hydrogen-bond donors (Lipinski definition) is 2. The van der Waals surface area contributed by atoms with Crippen molar-refractivity contribution in [2.45, 2.75) is 36.1 Å². The number of nitrogens with zero attached hydrogens (tertiary/aromatic N) is 4. The number of nitrogens with one attached hydrogen (secondary N) is 1. The number of carbonyl (C=O) groups is 1. The maximum absolute atomic E-state index is 14.9. The quantitative estimate of drug-likeness (QED) is 0.377. The molecule has 9 nitrogen and oxygen atoms in total. The van der Waals surface area contributed by atoms with Gasteiger partial charge in [0.05, 0.1) is 5.54 Å². The van der Waals surface area contributed by atoms with E-state index in [4.69, 9.17) is 9.63 Å². The summed E-state index contributed by atoms with van der Waals surface area (Å²) < 4.78 is 65.3. The van der Waals surface area contributed by atoms with Crippen LogP contribution in [0.4, 0.5) is 22.4 Å². The predicted molar refractivity (Wildman–Crippen MR) is 116 cm³/mol. The molecule has 2 aromatic heterocycles. The molecular formula is C21H17F4N5O4S. The number of thioether (sulfide) groups is 1. The molecule has 4 rings (SSSR count). The fourth-order valence-corrected chi connectivity index (χ4v) is 3.81. The minimum Gasteiger partial charge on any atom is -0.465 e. The zero-order valence-corrected chi connectivity index (χ0v) is 18.9. The molecule has 1 aliphatic rings. The molecule has 184 valence electrons. The van der Waals surface area contributed by atoms with Crippen molar-refractivity contribution in [1.82, 2.24) is 20.4 Å². The van der Waals surface area contributed by atoms with Crippen LogP contribution in [-0.4, -0.2) is 50.9 Å². The molecule has 0 spiro atoms. The summed E-state index contributed by atoms with van der Waals surface area (Å²) in [6.45, 7) is 1.26. The Morgan fingerprint density at radius 3 is 2.60 bits per heavy atom. The molecule has 14 heteroatoms. The van der Waals surface area contributed by atoms with Crippen LogP contribution in [-0.2, 0) is 10.3 Å². The van der Waals surface area contributed by atoms with Gasteiger partial charge in [-0.25, -0.2) is 29.5 Å². The van der Waals surface area contributed by atoms with E-state index in [9.17, 15) is 22.4 Å². The number of aromatic nitrogens is 3. The van der Waals surface area contributed by atoms with Crippen molar-refractivity contribution in [2.75, 3.05) is 6.26 Å². The van der Waals surface area contributed by atoms with Crippen LogP contribution < -0.4 is 5.32 Å². The predicted octanol–water partition coefficient (Wildman–Crippen LogP) is 4.85. The van der Waals surface area contributed by atoms with Crippen LogP contribution in [0.1, 0.15) is 18.9 Å². The molecule has 1 aromatic carbocycles. The van der Waals surface area contributed by atoms with Gasteiger partial charge in [-0.15, -0.1) is 11.8 Å². The van der Waals surface area contributed by atoms with E-state index in [1.54, 1.807) is 17.7 Å². The Labute approximate surface area is 199 Å². The number of aliphatic imine (C=N–C) groups is 1. The normalized spacial score (nSPS) is 20.2. The lowest BCUT2D eigenvalue weighted by molar-refractivity contribution is -0.208. The molecule has 1 amide bonds. The van der Waals surface area contributed by atoms with Crippen molar-refractivity contribution in [2.24, 2.45) is 4.99 Å². The lowest BCUT2D eigenvalue weighted by Crippen LogP contribution is -2.48. The van der Waals surface area contributed by atoms with Gasteiger partial charge in [-0.3, -0.25) is 0 Å². The summed E-state index contributed by atoms with van der Waals surface area (Å²) in [7, 11) is 0. The standard InChI is InChI=1S/C21H17F4N5O4S/c1-20(7-16(21(23,24)25)33-18(29-20)28-19(31)32)12-5-10(3-4-13(12)22)15-6-14(30-34-15)17-26-8-11(35-2)9-27-17/h3-6,8-9,16H,7H2,1-2H3,(H,28,29)(H,31,32)/t16-,20-/m0/s1. The molecule has 0 radical (unpaired) electrons. The SMILES string of the molecule is CSc1cnc(-c2cc(-c3ccc(F)c([C@]4(C)C[C@@H](C(F)(F)F)OC(NC(=O)O)=N4)c3)on2)nc1. The molecule has 0 aliphatic carbocycles. The van der Waals surface area contributed by atoms with Gasteiger partial charge in [0.2, 0.25) is 0 Å². The Hall–Kier alpha value is -3.68. The zero-order chi connectivity index (χ0) is 25.4. The van der Waals surface area contributed by atoms with Crippen LogP contribution in [0.25, 0.3) is 22.8 Å². The highest BCUT2D eigenvalue weighted by Crippen LogP contribution is 2.42. The Morgan fingerprint density at radius 1 is 1.26 bits per heavy atom. The van der Waals surface area contributed by atoms with Gasteiger partial charge in [0, 0.05) is 40.9 Å². The van der Waals surface area contributed by atoms with Gasteiger partial charge < -0.3 is 14.4 Å². The van der Waals surface area contributed by atoms with Gasteiger partial charge >= 0.3 is 12.3 Å². The number of rotatable bonds is 4. The van der Waals surface area contributed by atoms with Gasteiger partial charge in [0.15, 0.2) is 23.4 Å². The highest BCUT2D eigenvalue weighted by Gasteiger charge is 2.50. The average Bonchev–Trinajstić information content (AvgIpc) is 3.28. The maximum Gasteiger partial charge on any atom is 0.425 e. The molecule has 0 unspecified atom stereocenters. The first-order valence-electron chi connectivity index (χ1n) is 9.95. The summed E-state index contributed by atoms with van der Waals surface area (Å²) in [5, 5.41) is 14.5. The van der Waals surface area contributed by atoms with Crippen LogP contribution in [0.3, 0.4) is 0 Å². The van der Waals surface area contributed by atoms with E-state index in [0.717, 1.165) is 11.0 Å². The largest absolute Gasteiger partial charge is 0.465 e. The molecule has 3 heterocycles. The van der Waals surface area contributed by atoms with E-state index >= 15 is 0 Å². The second kappa shape index (κ2) is 9.17. The summed E-state index contributed by atoms with van der Waals surface area (Å²) in [6, 6.07) is 4.32. The third-order valence-electron chi connectivity index (χ3n) is 5.20. The summed E-state index contributed by atoms with van der Waals surface area (Å²) in [4.78, 5) is 24.2. The molecule has 2 N–H and O–H groups in total. The first-order valence-corrected chi connectivity index (χ1v) is 11.2. The van der Waals surface area contributed by atoms with E-state index in [0.29, 0.717) is 17.1 Å².